The molecule has 24 heavy (non-hydrogen) atoms. The fourth-order valence-corrected chi connectivity index (χ4v) is 2.34. The molecule has 0 fully saturated rings. The van der Waals surface area contributed by atoms with E-state index in [4.69, 9.17) is 16.2 Å². The number of primary amides is 2. The summed E-state index contributed by atoms with van der Waals surface area (Å²) < 4.78 is 19.3. The molecular formula is C15H17FN4O3S. The maximum atomic E-state index is 13.6. The molecule has 0 saturated carbocycles. The third-order valence-electron chi connectivity index (χ3n) is 3.11. The normalized spacial score (nSPS) is 10.4. The summed E-state index contributed by atoms with van der Waals surface area (Å²) in [6.45, 7) is 0.440. The van der Waals surface area contributed by atoms with Gasteiger partial charge in [0.2, 0.25) is 0 Å². The van der Waals surface area contributed by atoms with Gasteiger partial charge in [-0.25, -0.2) is 9.18 Å². The first-order valence-electron chi connectivity index (χ1n) is 6.93. The highest BCUT2D eigenvalue weighted by atomic mass is 32.2. The van der Waals surface area contributed by atoms with Crippen LogP contribution in [0.3, 0.4) is 0 Å². The maximum Gasteiger partial charge on any atom is 0.317 e. The van der Waals surface area contributed by atoms with Crippen molar-refractivity contribution < 1.29 is 18.7 Å². The molecule has 128 valence electrons. The fourth-order valence-electron chi connectivity index (χ4n) is 2.09. The van der Waals surface area contributed by atoms with Crippen LogP contribution in [-0.4, -0.2) is 35.5 Å². The zero-order valence-corrected chi connectivity index (χ0v) is 13.7. The molecule has 0 aliphatic heterocycles. The summed E-state index contributed by atoms with van der Waals surface area (Å²) in [5, 5.41) is 2.28. The van der Waals surface area contributed by atoms with Crippen LogP contribution in [0, 0.1) is 5.82 Å². The van der Waals surface area contributed by atoms with Crippen molar-refractivity contribution in [1.82, 2.24) is 4.98 Å². The Balaban J connectivity index is 2.44. The number of anilines is 1. The van der Waals surface area contributed by atoms with Gasteiger partial charge < -0.3 is 21.2 Å². The SMILES string of the molecule is CSCCOc1ccc(F)cc1-c1cc(C(N)=O)c(NC(N)=O)[nH]1. The lowest BCUT2D eigenvalue weighted by Gasteiger charge is -2.10. The van der Waals surface area contributed by atoms with Crippen LogP contribution in [0.15, 0.2) is 24.3 Å². The van der Waals surface area contributed by atoms with E-state index in [1.54, 1.807) is 11.8 Å². The van der Waals surface area contributed by atoms with E-state index in [1.165, 1.54) is 24.3 Å². The van der Waals surface area contributed by atoms with Crippen molar-refractivity contribution in [2.24, 2.45) is 11.5 Å². The molecule has 1 aromatic heterocycles. The van der Waals surface area contributed by atoms with Crippen molar-refractivity contribution in [3.63, 3.8) is 0 Å². The molecule has 7 nitrogen and oxygen atoms in total. The molecule has 2 aromatic rings. The number of nitrogens with one attached hydrogen (secondary N) is 2. The minimum Gasteiger partial charge on any atom is -0.492 e. The molecule has 1 aromatic carbocycles. The molecule has 6 N–H and O–H groups in total. The second-order valence-corrected chi connectivity index (χ2v) is 5.79. The monoisotopic (exact) mass is 352 g/mol. The summed E-state index contributed by atoms with van der Waals surface area (Å²) in [6.07, 6.45) is 1.95. The Morgan fingerprint density at radius 1 is 1.33 bits per heavy atom. The number of carbonyl (C=O) groups is 2. The van der Waals surface area contributed by atoms with E-state index in [2.05, 4.69) is 10.3 Å². The number of hydrogen-bond acceptors (Lipinski definition) is 4. The second kappa shape index (κ2) is 7.73. The largest absolute Gasteiger partial charge is 0.492 e. The number of amides is 3. The lowest BCUT2D eigenvalue weighted by Crippen LogP contribution is -2.22. The van der Waals surface area contributed by atoms with Crippen LogP contribution in [0.1, 0.15) is 10.4 Å². The molecule has 2 rings (SSSR count). The Hall–Kier alpha value is -2.68. The van der Waals surface area contributed by atoms with Crippen molar-refractivity contribution >= 4 is 29.5 Å². The third-order valence-corrected chi connectivity index (χ3v) is 3.68. The highest BCUT2D eigenvalue weighted by Gasteiger charge is 2.18. The van der Waals surface area contributed by atoms with Gasteiger partial charge in [-0.05, 0) is 30.5 Å². The zero-order valence-electron chi connectivity index (χ0n) is 12.9. The number of rotatable bonds is 7. The fraction of sp³-hybridized carbons (Fsp3) is 0.200. The predicted octanol–water partition coefficient (Wildman–Crippen LogP) is 2.15. The minimum absolute atomic E-state index is 0.0307. The number of aromatic nitrogens is 1. The van der Waals surface area contributed by atoms with E-state index >= 15 is 0 Å². The Bertz CT molecular complexity index is 763. The van der Waals surface area contributed by atoms with Gasteiger partial charge in [0, 0.05) is 11.3 Å². The van der Waals surface area contributed by atoms with E-state index in [9.17, 15) is 14.0 Å². The molecule has 0 saturated heterocycles. The molecule has 3 amide bonds. The zero-order chi connectivity index (χ0) is 17.7. The van der Waals surface area contributed by atoms with Gasteiger partial charge in [0.05, 0.1) is 17.9 Å². The molecule has 9 heteroatoms. The Kier molecular flexibility index (Phi) is 5.69. The van der Waals surface area contributed by atoms with Crippen molar-refractivity contribution in [3.05, 3.63) is 35.6 Å². The van der Waals surface area contributed by atoms with Crippen LogP contribution in [0.25, 0.3) is 11.3 Å². The van der Waals surface area contributed by atoms with E-state index < -0.39 is 17.8 Å². The van der Waals surface area contributed by atoms with Crippen molar-refractivity contribution in [2.75, 3.05) is 23.9 Å². The molecule has 1 heterocycles. The summed E-state index contributed by atoms with van der Waals surface area (Å²) in [4.78, 5) is 25.4. The highest BCUT2D eigenvalue weighted by Crippen LogP contribution is 2.33. The molecule has 0 atom stereocenters. The number of benzene rings is 1. The van der Waals surface area contributed by atoms with Crippen LogP contribution in [0.2, 0.25) is 0 Å². The van der Waals surface area contributed by atoms with Crippen LogP contribution in [0.4, 0.5) is 15.0 Å². The van der Waals surface area contributed by atoms with Crippen molar-refractivity contribution in [3.8, 4) is 17.0 Å². The van der Waals surface area contributed by atoms with Gasteiger partial charge in [0.15, 0.2) is 0 Å². The number of halogens is 1. The van der Waals surface area contributed by atoms with E-state index in [0.29, 0.717) is 23.6 Å². The number of H-pyrrole nitrogens is 1. The first-order valence-corrected chi connectivity index (χ1v) is 8.32. The topological polar surface area (TPSA) is 123 Å². The minimum atomic E-state index is -0.860. The average Bonchev–Trinajstić information content (AvgIpc) is 2.92. The summed E-state index contributed by atoms with van der Waals surface area (Å²) in [5.41, 5.74) is 11.2. The molecule has 0 spiro atoms. The molecule has 0 unspecified atom stereocenters. The van der Waals surface area contributed by atoms with Gasteiger partial charge >= 0.3 is 6.03 Å². The van der Waals surface area contributed by atoms with Gasteiger partial charge in [-0.1, -0.05) is 0 Å². The number of hydrogen-bond donors (Lipinski definition) is 4. The van der Waals surface area contributed by atoms with Crippen LogP contribution in [0.5, 0.6) is 5.75 Å². The van der Waals surface area contributed by atoms with E-state index in [-0.39, 0.29) is 11.4 Å². The number of thioether (sulfide) groups is 1. The first-order chi connectivity index (χ1) is 11.4. The first kappa shape index (κ1) is 17.7. The van der Waals surface area contributed by atoms with Gasteiger partial charge in [-0.2, -0.15) is 11.8 Å². The van der Waals surface area contributed by atoms with Crippen molar-refractivity contribution in [1.29, 1.82) is 0 Å². The molecule has 0 aliphatic rings. The predicted molar refractivity (Wildman–Crippen MR) is 91.8 cm³/mol. The number of aromatic amines is 1. The van der Waals surface area contributed by atoms with E-state index in [0.717, 1.165) is 5.75 Å². The summed E-state index contributed by atoms with van der Waals surface area (Å²) in [6, 6.07) is 4.58. The Morgan fingerprint density at radius 2 is 2.08 bits per heavy atom. The molecule has 0 aliphatic carbocycles. The Morgan fingerprint density at radius 3 is 2.71 bits per heavy atom. The van der Waals surface area contributed by atoms with Gasteiger partial charge in [0.25, 0.3) is 5.91 Å². The smallest absolute Gasteiger partial charge is 0.317 e. The third kappa shape index (κ3) is 4.19. The van der Waals surface area contributed by atoms with Crippen LogP contribution >= 0.6 is 11.8 Å². The summed E-state index contributed by atoms with van der Waals surface area (Å²) in [5.74, 6) is 0.0183. The molecular weight excluding hydrogens is 335 g/mol. The van der Waals surface area contributed by atoms with Crippen LogP contribution < -0.4 is 21.5 Å². The lowest BCUT2D eigenvalue weighted by atomic mass is 10.1. The molecule has 0 bridgehead atoms. The lowest BCUT2D eigenvalue weighted by molar-refractivity contribution is 0.100. The number of urea groups is 1. The highest BCUT2D eigenvalue weighted by molar-refractivity contribution is 7.98. The summed E-state index contributed by atoms with van der Waals surface area (Å²) >= 11 is 1.61. The standard InChI is InChI=1S/C15H17FN4O3S/c1-24-5-4-23-12-3-2-8(16)6-9(12)11-7-10(13(17)21)14(19-11)20-15(18)22/h2-3,6-7,19H,4-5H2,1H3,(H2,17,21)(H3,18,20,22). The van der Waals surface area contributed by atoms with Crippen LogP contribution in [-0.2, 0) is 0 Å². The number of ether oxygens (including phenoxy) is 1. The average molecular weight is 352 g/mol. The van der Waals surface area contributed by atoms with E-state index in [1.807, 2.05) is 6.26 Å². The van der Waals surface area contributed by atoms with Gasteiger partial charge in [-0.15, -0.1) is 0 Å². The molecule has 0 radical (unpaired) electrons. The number of nitrogens with two attached hydrogens (primary N) is 2. The van der Waals surface area contributed by atoms with Gasteiger partial charge in [-0.3, -0.25) is 10.1 Å². The second-order valence-electron chi connectivity index (χ2n) is 4.81. The summed E-state index contributed by atoms with van der Waals surface area (Å²) in [7, 11) is 0. The quantitative estimate of drug-likeness (QED) is 0.570. The maximum absolute atomic E-state index is 13.6. The number of carbonyl (C=O) groups excluding carboxylic acids is 2. The van der Waals surface area contributed by atoms with Gasteiger partial charge in [0.1, 0.15) is 17.4 Å². The Labute approximate surface area is 141 Å². The van der Waals surface area contributed by atoms with Crippen molar-refractivity contribution in [2.45, 2.75) is 0 Å².